The number of amides is 1. The number of ether oxygens (including phenoxy) is 1. The highest BCUT2D eigenvalue weighted by Gasteiger charge is 2.12. The van der Waals surface area contributed by atoms with Crippen molar-refractivity contribution in [2.45, 2.75) is 13.0 Å². The molecule has 3 aromatic rings. The van der Waals surface area contributed by atoms with Crippen LogP contribution < -0.4 is 15.8 Å². The third-order valence-electron chi connectivity index (χ3n) is 3.57. The number of fused-ring (bicyclic) bond motifs is 1. The largest absolute Gasteiger partial charge is 0.495 e. The van der Waals surface area contributed by atoms with E-state index in [-0.39, 0.29) is 18.9 Å². The first-order valence-corrected chi connectivity index (χ1v) is 7.68. The number of aromatic nitrogens is 1. The molecule has 0 fully saturated rings. The maximum absolute atomic E-state index is 12.2. The van der Waals surface area contributed by atoms with Gasteiger partial charge in [0.25, 0.3) is 0 Å². The van der Waals surface area contributed by atoms with E-state index in [0.717, 1.165) is 0 Å². The molecule has 0 radical (unpaired) electrons. The lowest BCUT2D eigenvalue weighted by Gasteiger charge is -2.09. The average Bonchev–Trinajstić information content (AvgIpc) is 2.88. The summed E-state index contributed by atoms with van der Waals surface area (Å²) in [6.45, 7) is 0.188. The van der Waals surface area contributed by atoms with Gasteiger partial charge in [0.2, 0.25) is 5.91 Å². The van der Waals surface area contributed by atoms with Crippen molar-refractivity contribution in [3.63, 3.8) is 0 Å². The van der Waals surface area contributed by atoms with Crippen LogP contribution in [0.4, 0.5) is 5.69 Å². The van der Waals surface area contributed by atoms with Crippen molar-refractivity contribution in [3.05, 3.63) is 58.0 Å². The zero-order valence-corrected chi connectivity index (χ0v) is 13.7. The number of aryl methyl sites for hydroxylation is 1. The van der Waals surface area contributed by atoms with Crippen molar-refractivity contribution in [2.75, 3.05) is 12.4 Å². The fraction of sp³-hybridized carbons (Fsp3) is 0.176. The number of rotatable bonds is 5. The van der Waals surface area contributed by atoms with Crippen LogP contribution in [0.25, 0.3) is 11.1 Å². The zero-order chi connectivity index (χ0) is 17.1. The van der Waals surface area contributed by atoms with Gasteiger partial charge in [0.05, 0.1) is 18.3 Å². The molecule has 0 spiro atoms. The molecule has 1 aromatic heterocycles. The summed E-state index contributed by atoms with van der Waals surface area (Å²) in [4.78, 5) is 24.1. The SMILES string of the molecule is COc1ccccc1NC(=O)CCn1c(=O)oc2ccc(Cl)cc21. The van der Waals surface area contributed by atoms with Crippen molar-refractivity contribution in [2.24, 2.45) is 0 Å². The number of nitrogens with zero attached hydrogens (tertiary/aromatic N) is 1. The van der Waals surface area contributed by atoms with Gasteiger partial charge in [-0.15, -0.1) is 0 Å². The Labute approximate surface area is 142 Å². The van der Waals surface area contributed by atoms with E-state index in [1.807, 2.05) is 6.07 Å². The Hall–Kier alpha value is -2.73. The standard InChI is InChI=1S/C17H15ClN2O4/c1-23-14-5-3-2-4-12(14)19-16(21)8-9-20-13-10-11(18)6-7-15(13)24-17(20)22/h2-7,10H,8-9H2,1H3,(H,19,21). The van der Waals surface area contributed by atoms with E-state index in [0.29, 0.717) is 27.6 Å². The molecular weight excluding hydrogens is 332 g/mol. The van der Waals surface area contributed by atoms with Crippen molar-refractivity contribution in [1.29, 1.82) is 0 Å². The predicted octanol–water partition coefficient (Wildman–Crippen LogP) is 3.29. The van der Waals surface area contributed by atoms with Gasteiger partial charge in [0.1, 0.15) is 5.75 Å². The summed E-state index contributed by atoms with van der Waals surface area (Å²) in [5.41, 5.74) is 1.59. The number of methoxy groups -OCH3 is 1. The van der Waals surface area contributed by atoms with Crippen molar-refractivity contribution < 1.29 is 13.9 Å². The smallest absolute Gasteiger partial charge is 0.419 e. The average molecular weight is 347 g/mol. The Bertz CT molecular complexity index is 945. The minimum absolute atomic E-state index is 0.110. The number of anilines is 1. The van der Waals surface area contributed by atoms with Crippen LogP contribution in [-0.2, 0) is 11.3 Å². The highest BCUT2D eigenvalue weighted by atomic mass is 35.5. The molecule has 0 aliphatic carbocycles. The van der Waals surface area contributed by atoms with Crippen LogP contribution in [0.3, 0.4) is 0 Å². The lowest BCUT2D eigenvalue weighted by molar-refractivity contribution is -0.116. The molecule has 3 rings (SSSR count). The molecule has 1 amide bonds. The summed E-state index contributed by atoms with van der Waals surface area (Å²) >= 11 is 5.95. The van der Waals surface area contributed by atoms with E-state index in [4.69, 9.17) is 20.8 Å². The van der Waals surface area contributed by atoms with Crippen LogP contribution in [0, 0.1) is 0 Å². The minimum atomic E-state index is -0.516. The summed E-state index contributed by atoms with van der Waals surface area (Å²) in [6, 6.07) is 12.0. The van der Waals surface area contributed by atoms with Gasteiger partial charge < -0.3 is 14.5 Å². The van der Waals surface area contributed by atoms with Crippen LogP contribution in [0.1, 0.15) is 6.42 Å². The molecule has 0 bridgehead atoms. The van der Waals surface area contributed by atoms with E-state index < -0.39 is 5.76 Å². The Morgan fingerprint density at radius 3 is 2.88 bits per heavy atom. The summed E-state index contributed by atoms with van der Waals surface area (Å²) in [5, 5.41) is 3.26. The third kappa shape index (κ3) is 3.28. The van der Waals surface area contributed by atoms with Crippen molar-refractivity contribution in [1.82, 2.24) is 4.57 Å². The van der Waals surface area contributed by atoms with Gasteiger partial charge in [-0.3, -0.25) is 9.36 Å². The molecule has 2 aromatic carbocycles. The molecule has 0 saturated heterocycles. The Morgan fingerprint density at radius 1 is 1.29 bits per heavy atom. The van der Waals surface area contributed by atoms with Gasteiger partial charge in [-0.05, 0) is 30.3 Å². The van der Waals surface area contributed by atoms with Gasteiger partial charge >= 0.3 is 5.76 Å². The number of carbonyl (C=O) groups excluding carboxylic acids is 1. The Kier molecular flexibility index (Phi) is 4.57. The maximum Gasteiger partial charge on any atom is 0.419 e. The number of hydrogen-bond donors (Lipinski definition) is 1. The van der Waals surface area contributed by atoms with E-state index in [1.54, 1.807) is 36.4 Å². The van der Waals surface area contributed by atoms with Gasteiger partial charge in [0, 0.05) is 18.0 Å². The molecule has 24 heavy (non-hydrogen) atoms. The van der Waals surface area contributed by atoms with Crippen LogP contribution in [0.2, 0.25) is 5.02 Å². The molecule has 1 N–H and O–H groups in total. The molecule has 0 aliphatic rings. The zero-order valence-electron chi connectivity index (χ0n) is 12.9. The minimum Gasteiger partial charge on any atom is -0.495 e. The van der Waals surface area contributed by atoms with Gasteiger partial charge in [-0.25, -0.2) is 4.79 Å². The van der Waals surface area contributed by atoms with E-state index in [1.165, 1.54) is 11.7 Å². The van der Waals surface area contributed by atoms with E-state index in [2.05, 4.69) is 5.32 Å². The molecule has 0 unspecified atom stereocenters. The topological polar surface area (TPSA) is 73.5 Å². The first-order chi connectivity index (χ1) is 11.6. The summed E-state index contributed by atoms with van der Waals surface area (Å²) in [7, 11) is 1.53. The van der Waals surface area contributed by atoms with Gasteiger partial charge in [0.15, 0.2) is 5.58 Å². The highest BCUT2D eigenvalue weighted by Crippen LogP contribution is 2.23. The molecule has 0 aliphatic heterocycles. The molecule has 1 heterocycles. The summed E-state index contributed by atoms with van der Waals surface area (Å²) in [5.74, 6) is -0.177. The molecule has 0 saturated carbocycles. The quantitative estimate of drug-likeness (QED) is 0.769. The number of hydrogen-bond acceptors (Lipinski definition) is 4. The molecular formula is C17H15ClN2O4. The fourth-order valence-electron chi connectivity index (χ4n) is 2.42. The highest BCUT2D eigenvalue weighted by molar-refractivity contribution is 6.31. The monoisotopic (exact) mass is 346 g/mol. The number of nitrogens with one attached hydrogen (secondary N) is 1. The first-order valence-electron chi connectivity index (χ1n) is 7.30. The van der Waals surface area contributed by atoms with Crippen LogP contribution in [0.15, 0.2) is 51.7 Å². The number of halogens is 1. The number of para-hydroxylation sites is 2. The van der Waals surface area contributed by atoms with Crippen LogP contribution in [-0.4, -0.2) is 17.6 Å². The number of carbonyl (C=O) groups is 1. The van der Waals surface area contributed by atoms with Gasteiger partial charge in [-0.1, -0.05) is 23.7 Å². The normalized spacial score (nSPS) is 10.8. The lowest BCUT2D eigenvalue weighted by atomic mass is 10.2. The first kappa shape index (κ1) is 16.1. The van der Waals surface area contributed by atoms with Crippen LogP contribution >= 0.6 is 11.6 Å². The molecule has 7 heteroatoms. The summed E-state index contributed by atoms with van der Waals surface area (Å²) < 4.78 is 11.7. The predicted molar refractivity (Wildman–Crippen MR) is 91.7 cm³/mol. The Morgan fingerprint density at radius 2 is 2.08 bits per heavy atom. The van der Waals surface area contributed by atoms with E-state index >= 15 is 0 Å². The fourth-order valence-corrected chi connectivity index (χ4v) is 2.59. The van der Waals surface area contributed by atoms with Gasteiger partial charge in [-0.2, -0.15) is 0 Å². The number of benzene rings is 2. The second-order valence-electron chi connectivity index (χ2n) is 5.13. The van der Waals surface area contributed by atoms with Crippen molar-refractivity contribution >= 4 is 34.3 Å². The van der Waals surface area contributed by atoms with E-state index in [9.17, 15) is 9.59 Å². The van der Waals surface area contributed by atoms with Crippen molar-refractivity contribution in [3.8, 4) is 5.75 Å². The molecule has 0 atom stereocenters. The second kappa shape index (κ2) is 6.80. The summed E-state index contributed by atoms with van der Waals surface area (Å²) in [6.07, 6.45) is 0.110. The lowest BCUT2D eigenvalue weighted by Crippen LogP contribution is -2.20. The molecule has 6 nitrogen and oxygen atoms in total. The molecule has 124 valence electrons. The second-order valence-corrected chi connectivity index (χ2v) is 5.57. The third-order valence-corrected chi connectivity index (χ3v) is 3.81. The van der Waals surface area contributed by atoms with Crippen LogP contribution in [0.5, 0.6) is 5.75 Å². The Balaban J connectivity index is 1.74. The maximum atomic E-state index is 12.2. The number of oxazole rings is 1.